The molecular formula is C22H19ClN2O2. The van der Waals surface area contributed by atoms with Crippen molar-refractivity contribution in [2.45, 2.75) is 19.4 Å². The third-order valence-electron chi connectivity index (χ3n) is 5.93. The minimum atomic E-state index is -0.481. The van der Waals surface area contributed by atoms with Crippen LogP contribution in [0.25, 0.3) is 6.08 Å². The molecule has 0 N–H and O–H groups in total. The Bertz CT molecular complexity index is 1010. The molecule has 3 aliphatic heterocycles. The molecule has 0 bridgehead atoms. The van der Waals surface area contributed by atoms with Crippen LogP contribution in [0.4, 0.5) is 5.69 Å². The molecule has 0 spiro atoms. The summed E-state index contributed by atoms with van der Waals surface area (Å²) in [6, 6.07) is 13.9. The number of halogens is 1. The van der Waals surface area contributed by atoms with Crippen LogP contribution in [0.2, 0.25) is 5.02 Å². The quantitative estimate of drug-likeness (QED) is 0.708. The SMILES string of the molecule is CCN1C(=O)C2=Cc3cc(Cl)ccc3N3CCc4ccccc4C3C2C1=O. The molecular weight excluding hydrogens is 360 g/mol. The van der Waals surface area contributed by atoms with E-state index in [0.29, 0.717) is 17.1 Å². The van der Waals surface area contributed by atoms with Gasteiger partial charge in [0.05, 0.1) is 12.0 Å². The van der Waals surface area contributed by atoms with Gasteiger partial charge < -0.3 is 4.90 Å². The van der Waals surface area contributed by atoms with Gasteiger partial charge in [0, 0.05) is 29.4 Å². The number of likely N-dealkylation sites (N-methyl/N-ethyl adjacent to an activating group) is 1. The van der Waals surface area contributed by atoms with Crippen molar-refractivity contribution in [2.24, 2.45) is 5.92 Å². The molecule has 1 saturated heterocycles. The summed E-state index contributed by atoms with van der Waals surface area (Å²) >= 11 is 6.24. The minimum absolute atomic E-state index is 0.0978. The zero-order chi connectivity index (χ0) is 18.7. The first-order valence-corrected chi connectivity index (χ1v) is 9.69. The molecule has 2 unspecified atom stereocenters. The van der Waals surface area contributed by atoms with Crippen LogP contribution in [0.15, 0.2) is 48.0 Å². The molecule has 1 fully saturated rings. The van der Waals surface area contributed by atoms with E-state index in [1.54, 1.807) is 0 Å². The summed E-state index contributed by atoms with van der Waals surface area (Å²) in [6.07, 6.45) is 2.79. The van der Waals surface area contributed by atoms with E-state index in [1.165, 1.54) is 10.5 Å². The summed E-state index contributed by atoms with van der Waals surface area (Å²) in [5.74, 6) is -0.757. The molecule has 2 atom stereocenters. The first kappa shape index (κ1) is 16.6. The van der Waals surface area contributed by atoms with Crippen molar-refractivity contribution < 1.29 is 9.59 Å². The Morgan fingerprint density at radius 3 is 2.78 bits per heavy atom. The first-order valence-electron chi connectivity index (χ1n) is 9.31. The Balaban J connectivity index is 1.79. The van der Waals surface area contributed by atoms with Gasteiger partial charge in [-0.25, -0.2) is 0 Å². The number of hydrogen-bond acceptors (Lipinski definition) is 3. The molecule has 3 heterocycles. The van der Waals surface area contributed by atoms with Gasteiger partial charge in [-0.1, -0.05) is 35.9 Å². The number of fused-ring (bicyclic) bond motifs is 7. The van der Waals surface area contributed by atoms with Crippen LogP contribution in [0.1, 0.15) is 29.7 Å². The molecule has 0 radical (unpaired) electrons. The third kappa shape index (κ3) is 2.29. The molecule has 0 saturated carbocycles. The Morgan fingerprint density at radius 1 is 1.15 bits per heavy atom. The minimum Gasteiger partial charge on any atom is -0.363 e. The molecule has 136 valence electrons. The van der Waals surface area contributed by atoms with E-state index < -0.39 is 5.92 Å². The Kier molecular flexibility index (Phi) is 3.66. The van der Waals surface area contributed by atoms with Crippen molar-refractivity contribution >= 4 is 35.2 Å². The summed E-state index contributed by atoms with van der Waals surface area (Å²) in [6.45, 7) is 3.04. The second-order valence-electron chi connectivity index (χ2n) is 7.26. The Labute approximate surface area is 163 Å². The van der Waals surface area contributed by atoms with Crippen LogP contribution >= 0.6 is 11.6 Å². The van der Waals surface area contributed by atoms with Gasteiger partial charge in [-0.3, -0.25) is 14.5 Å². The topological polar surface area (TPSA) is 40.6 Å². The van der Waals surface area contributed by atoms with Crippen molar-refractivity contribution in [3.8, 4) is 0 Å². The molecule has 5 rings (SSSR count). The fourth-order valence-corrected chi connectivity index (χ4v) is 4.92. The van der Waals surface area contributed by atoms with Crippen LogP contribution in [0.5, 0.6) is 0 Å². The van der Waals surface area contributed by atoms with Crippen LogP contribution in [-0.2, 0) is 16.0 Å². The molecule has 4 nitrogen and oxygen atoms in total. The van der Waals surface area contributed by atoms with E-state index in [1.807, 2.05) is 43.3 Å². The zero-order valence-corrected chi connectivity index (χ0v) is 15.7. The summed E-state index contributed by atoms with van der Waals surface area (Å²) in [5.41, 5.74) is 4.91. The van der Waals surface area contributed by atoms with E-state index in [9.17, 15) is 9.59 Å². The molecule has 2 aromatic carbocycles. The van der Waals surface area contributed by atoms with Gasteiger partial charge in [-0.2, -0.15) is 0 Å². The number of carbonyl (C=O) groups is 2. The number of imide groups is 1. The zero-order valence-electron chi connectivity index (χ0n) is 15.0. The maximum atomic E-state index is 13.2. The molecule has 2 aromatic rings. The van der Waals surface area contributed by atoms with Gasteiger partial charge >= 0.3 is 0 Å². The van der Waals surface area contributed by atoms with Crippen molar-refractivity contribution in [2.75, 3.05) is 18.0 Å². The predicted molar refractivity (Wildman–Crippen MR) is 106 cm³/mol. The van der Waals surface area contributed by atoms with E-state index in [0.717, 1.165) is 29.8 Å². The number of hydrogen-bond donors (Lipinski definition) is 0. The predicted octanol–water partition coefficient (Wildman–Crippen LogP) is 3.85. The number of carbonyl (C=O) groups excluding carboxylic acids is 2. The molecule has 5 heteroatoms. The number of benzene rings is 2. The third-order valence-corrected chi connectivity index (χ3v) is 6.17. The van der Waals surface area contributed by atoms with Gasteiger partial charge in [0.1, 0.15) is 0 Å². The maximum Gasteiger partial charge on any atom is 0.257 e. The fourth-order valence-electron chi connectivity index (χ4n) is 4.74. The van der Waals surface area contributed by atoms with Gasteiger partial charge in [-0.15, -0.1) is 0 Å². The highest BCUT2D eigenvalue weighted by molar-refractivity contribution is 6.31. The molecule has 27 heavy (non-hydrogen) atoms. The number of nitrogens with zero attached hydrogens (tertiary/aromatic N) is 2. The lowest BCUT2D eigenvalue weighted by molar-refractivity contribution is -0.139. The van der Waals surface area contributed by atoms with Crippen LogP contribution in [0, 0.1) is 5.92 Å². The van der Waals surface area contributed by atoms with Gasteiger partial charge in [-0.05, 0) is 54.3 Å². The van der Waals surface area contributed by atoms with Crippen LogP contribution in [0.3, 0.4) is 0 Å². The van der Waals surface area contributed by atoms with Crippen molar-refractivity contribution in [1.82, 2.24) is 4.90 Å². The lowest BCUT2D eigenvalue weighted by Gasteiger charge is -2.41. The van der Waals surface area contributed by atoms with E-state index in [4.69, 9.17) is 11.6 Å². The number of likely N-dealkylation sites (tertiary alicyclic amines) is 1. The molecule has 2 amide bonds. The highest BCUT2D eigenvalue weighted by Gasteiger charge is 2.51. The Hall–Kier alpha value is -2.59. The maximum absolute atomic E-state index is 13.2. The lowest BCUT2D eigenvalue weighted by Crippen LogP contribution is -2.42. The summed E-state index contributed by atoms with van der Waals surface area (Å²) in [4.78, 5) is 29.9. The fraction of sp³-hybridized carbons (Fsp3) is 0.273. The number of amides is 2. The summed E-state index contributed by atoms with van der Waals surface area (Å²) in [5, 5.41) is 0.627. The van der Waals surface area contributed by atoms with Crippen LogP contribution in [-0.4, -0.2) is 29.8 Å². The largest absolute Gasteiger partial charge is 0.363 e. The van der Waals surface area contributed by atoms with Crippen molar-refractivity contribution in [3.63, 3.8) is 0 Å². The number of anilines is 1. The van der Waals surface area contributed by atoms with Crippen LogP contribution < -0.4 is 4.90 Å². The second-order valence-corrected chi connectivity index (χ2v) is 7.69. The lowest BCUT2D eigenvalue weighted by atomic mass is 9.82. The standard InChI is InChI=1S/C22H19ClN2O2/c1-2-24-21(26)17-12-14-11-15(23)7-8-18(14)25-10-9-13-5-3-4-6-16(13)20(25)19(17)22(24)27/h3-8,11-12,19-20H,2,9-10H2,1H3. The van der Waals surface area contributed by atoms with E-state index in [2.05, 4.69) is 17.0 Å². The summed E-state index contributed by atoms with van der Waals surface area (Å²) < 4.78 is 0. The van der Waals surface area contributed by atoms with Gasteiger partial charge in [0.15, 0.2) is 0 Å². The monoisotopic (exact) mass is 378 g/mol. The molecule has 0 aliphatic carbocycles. The van der Waals surface area contributed by atoms with E-state index in [-0.39, 0.29) is 17.9 Å². The highest BCUT2D eigenvalue weighted by atomic mass is 35.5. The van der Waals surface area contributed by atoms with Crippen molar-refractivity contribution in [3.05, 3.63) is 69.8 Å². The normalized spacial score (nSPS) is 23.3. The average Bonchev–Trinajstić information content (AvgIpc) is 2.82. The Morgan fingerprint density at radius 2 is 1.96 bits per heavy atom. The molecule has 3 aliphatic rings. The van der Waals surface area contributed by atoms with Gasteiger partial charge in [0.2, 0.25) is 5.91 Å². The molecule has 0 aromatic heterocycles. The van der Waals surface area contributed by atoms with E-state index >= 15 is 0 Å². The average molecular weight is 379 g/mol. The smallest absolute Gasteiger partial charge is 0.257 e. The first-order chi connectivity index (χ1) is 13.1. The second kappa shape index (κ2) is 5.96. The summed E-state index contributed by atoms with van der Waals surface area (Å²) in [7, 11) is 0. The highest BCUT2D eigenvalue weighted by Crippen LogP contribution is 2.48. The van der Waals surface area contributed by atoms with Crippen molar-refractivity contribution in [1.29, 1.82) is 0 Å². The van der Waals surface area contributed by atoms with Gasteiger partial charge in [0.25, 0.3) is 5.91 Å². The number of rotatable bonds is 1.